The van der Waals surface area contributed by atoms with E-state index in [0.717, 1.165) is 12.5 Å². The van der Waals surface area contributed by atoms with Gasteiger partial charge in [-0.1, -0.05) is 19.3 Å². The molecule has 3 N–H and O–H groups in total. The minimum absolute atomic E-state index is 0.227. The van der Waals surface area contributed by atoms with Crippen molar-refractivity contribution in [2.75, 3.05) is 19.6 Å². The van der Waals surface area contributed by atoms with Crippen LogP contribution in [0.25, 0.3) is 0 Å². The molecule has 0 bridgehead atoms. The zero-order valence-electron chi connectivity index (χ0n) is 11.4. The second-order valence-electron chi connectivity index (χ2n) is 6.25. The van der Waals surface area contributed by atoms with Crippen LogP contribution in [0.3, 0.4) is 0 Å². The zero-order chi connectivity index (χ0) is 12.2. The van der Waals surface area contributed by atoms with Gasteiger partial charge in [0.25, 0.3) is 0 Å². The van der Waals surface area contributed by atoms with E-state index in [4.69, 9.17) is 4.74 Å². The molecule has 2 saturated heterocycles. The lowest BCUT2D eigenvalue weighted by Gasteiger charge is -2.27. The van der Waals surface area contributed by atoms with Gasteiger partial charge in [-0.05, 0) is 38.0 Å². The van der Waals surface area contributed by atoms with Crippen molar-refractivity contribution in [2.45, 2.75) is 63.8 Å². The van der Waals surface area contributed by atoms with Crippen LogP contribution in [-0.2, 0) is 4.74 Å². The van der Waals surface area contributed by atoms with Gasteiger partial charge in [-0.15, -0.1) is 0 Å². The van der Waals surface area contributed by atoms with Crippen LogP contribution in [-0.4, -0.2) is 32.1 Å². The van der Waals surface area contributed by atoms with Gasteiger partial charge in [0.1, 0.15) is 12.8 Å². The smallest absolute Gasteiger partial charge is 0.172 e. The molecule has 18 heavy (non-hydrogen) atoms. The van der Waals surface area contributed by atoms with Crippen molar-refractivity contribution in [3.63, 3.8) is 0 Å². The number of nitrogens with one attached hydrogen (secondary N) is 3. The van der Waals surface area contributed by atoms with Crippen molar-refractivity contribution in [1.29, 1.82) is 0 Å². The standard InChI is InChI=1S/C14H27N3O/c1-3-7-12(8-4-1)14-16-15-13(18-14)11-17-9-5-2-6-10-17/h12-16H,1-11H2/p+1. The molecule has 2 heterocycles. The molecule has 1 aliphatic carbocycles. The summed E-state index contributed by atoms with van der Waals surface area (Å²) in [6.45, 7) is 3.78. The first kappa shape index (κ1) is 12.9. The van der Waals surface area contributed by atoms with Gasteiger partial charge in [-0.2, -0.15) is 0 Å². The molecule has 0 amide bonds. The van der Waals surface area contributed by atoms with E-state index in [2.05, 4.69) is 10.9 Å². The first-order valence-electron chi connectivity index (χ1n) is 7.92. The molecule has 1 saturated carbocycles. The van der Waals surface area contributed by atoms with Crippen LogP contribution >= 0.6 is 0 Å². The third-order valence-corrected chi connectivity index (χ3v) is 4.81. The summed E-state index contributed by atoms with van der Waals surface area (Å²) < 4.78 is 6.16. The normalized spacial score (nSPS) is 36.0. The van der Waals surface area contributed by atoms with Crippen molar-refractivity contribution < 1.29 is 9.64 Å². The van der Waals surface area contributed by atoms with E-state index in [9.17, 15) is 0 Å². The van der Waals surface area contributed by atoms with Crippen LogP contribution in [0, 0.1) is 5.92 Å². The molecule has 2 atom stereocenters. The van der Waals surface area contributed by atoms with Gasteiger partial charge in [-0.25, -0.2) is 10.9 Å². The predicted octanol–water partition coefficient (Wildman–Crippen LogP) is 0.412. The molecule has 2 aliphatic heterocycles. The van der Waals surface area contributed by atoms with Crippen LogP contribution in [0.15, 0.2) is 0 Å². The molecular formula is C14H28N3O+. The molecule has 3 aliphatic rings. The predicted molar refractivity (Wildman–Crippen MR) is 70.9 cm³/mol. The average Bonchev–Trinajstić information content (AvgIpc) is 2.89. The number of ether oxygens (including phenoxy) is 1. The fourth-order valence-electron chi connectivity index (χ4n) is 3.70. The number of piperidine rings is 1. The lowest BCUT2D eigenvalue weighted by Crippen LogP contribution is -3.14. The monoisotopic (exact) mass is 254 g/mol. The van der Waals surface area contributed by atoms with Gasteiger partial charge in [0.2, 0.25) is 0 Å². The number of quaternary nitrogens is 1. The quantitative estimate of drug-likeness (QED) is 0.683. The summed E-state index contributed by atoms with van der Waals surface area (Å²) >= 11 is 0. The van der Waals surface area contributed by atoms with Gasteiger partial charge in [-0.3, -0.25) is 0 Å². The van der Waals surface area contributed by atoms with E-state index in [1.54, 1.807) is 4.90 Å². The lowest BCUT2D eigenvalue weighted by atomic mass is 9.88. The number of likely N-dealkylation sites (tertiary alicyclic amines) is 1. The Labute approximate surface area is 110 Å². The van der Waals surface area contributed by atoms with Crippen molar-refractivity contribution in [3.05, 3.63) is 0 Å². The molecule has 0 aromatic rings. The van der Waals surface area contributed by atoms with E-state index in [1.807, 2.05) is 0 Å². The fraction of sp³-hybridized carbons (Fsp3) is 1.00. The van der Waals surface area contributed by atoms with Gasteiger partial charge in [0.15, 0.2) is 6.23 Å². The van der Waals surface area contributed by atoms with Crippen molar-refractivity contribution in [1.82, 2.24) is 10.9 Å². The number of rotatable bonds is 3. The Hall–Kier alpha value is -0.160. The average molecular weight is 254 g/mol. The minimum Gasteiger partial charge on any atom is -0.336 e. The molecule has 4 nitrogen and oxygen atoms in total. The first-order valence-corrected chi connectivity index (χ1v) is 7.92. The van der Waals surface area contributed by atoms with E-state index in [-0.39, 0.29) is 12.5 Å². The second-order valence-corrected chi connectivity index (χ2v) is 6.25. The zero-order valence-corrected chi connectivity index (χ0v) is 11.4. The third-order valence-electron chi connectivity index (χ3n) is 4.81. The Bertz CT molecular complexity index is 249. The molecule has 4 heteroatoms. The maximum Gasteiger partial charge on any atom is 0.172 e. The Morgan fingerprint density at radius 1 is 0.889 bits per heavy atom. The van der Waals surface area contributed by atoms with Crippen molar-refractivity contribution >= 4 is 0 Å². The van der Waals surface area contributed by atoms with E-state index in [0.29, 0.717) is 0 Å². The highest BCUT2D eigenvalue weighted by Gasteiger charge is 2.33. The Balaban J connectivity index is 1.42. The summed E-state index contributed by atoms with van der Waals surface area (Å²) in [5.41, 5.74) is 6.74. The van der Waals surface area contributed by atoms with Crippen molar-refractivity contribution in [2.24, 2.45) is 5.92 Å². The summed E-state index contributed by atoms with van der Waals surface area (Å²) in [5.74, 6) is 0.729. The molecule has 0 aromatic carbocycles. The molecule has 3 rings (SSSR count). The summed E-state index contributed by atoms with van der Waals surface area (Å²) in [4.78, 5) is 1.71. The molecule has 104 valence electrons. The summed E-state index contributed by atoms with van der Waals surface area (Å²) in [5, 5.41) is 0. The lowest BCUT2D eigenvalue weighted by molar-refractivity contribution is -0.908. The Kier molecular flexibility index (Phi) is 4.52. The van der Waals surface area contributed by atoms with Crippen LogP contribution in [0.1, 0.15) is 51.4 Å². The van der Waals surface area contributed by atoms with Crippen LogP contribution in [0.5, 0.6) is 0 Å². The SMILES string of the molecule is C1CCC(C2NNC(C[NH+]3CCCCC3)O2)CC1. The first-order chi connectivity index (χ1) is 8.92. The summed E-state index contributed by atoms with van der Waals surface area (Å²) in [7, 11) is 0. The van der Waals surface area contributed by atoms with E-state index >= 15 is 0 Å². The van der Waals surface area contributed by atoms with Crippen LogP contribution in [0.4, 0.5) is 0 Å². The van der Waals surface area contributed by atoms with Gasteiger partial charge < -0.3 is 9.64 Å². The Morgan fingerprint density at radius 3 is 2.39 bits per heavy atom. The topological polar surface area (TPSA) is 37.7 Å². The van der Waals surface area contributed by atoms with Gasteiger partial charge in [0, 0.05) is 0 Å². The summed E-state index contributed by atoms with van der Waals surface area (Å²) in [6, 6.07) is 0. The fourth-order valence-corrected chi connectivity index (χ4v) is 3.70. The highest BCUT2D eigenvalue weighted by atomic mass is 16.5. The minimum atomic E-state index is 0.227. The molecular weight excluding hydrogens is 226 g/mol. The highest BCUT2D eigenvalue weighted by Crippen LogP contribution is 2.28. The van der Waals surface area contributed by atoms with Crippen LogP contribution < -0.4 is 15.8 Å². The number of hydrogen-bond donors (Lipinski definition) is 3. The molecule has 2 unspecified atom stereocenters. The van der Waals surface area contributed by atoms with Gasteiger partial charge >= 0.3 is 0 Å². The molecule has 0 radical (unpaired) electrons. The molecule has 3 fully saturated rings. The summed E-state index contributed by atoms with van der Waals surface area (Å²) in [6.07, 6.45) is 11.5. The largest absolute Gasteiger partial charge is 0.336 e. The molecule has 0 spiro atoms. The van der Waals surface area contributed by atoms with Crippen LogP contribution in [0.2, 0.25) is 0 Å². The van der Waals surface area contributed by atoms with E-state index in [1.165, 1.54) is 64.5 Å². The highest BCUT2D eigenvalue weighted by molar-refractivity contribution is 4.76. The maximum absolute atomic E-state index is 6.16. The van der Waals surface area contributed by atoms with Gasteiger partial charge in [0.05, 0.1) is 13.1 Å². The number of hydrazine groups is 1. The third kappa shape index (κ3) is 3.23. The van der Waals surface area contributed by atoms with E-state index < -0.39 is 0 Å². The maximum atomic E-state index is 6.16. The number of hydrogen-bond acceptors (Lipinski definition) is 3. The Morgan fingerprint density at radius 2 is 1.61 bits per heavy atom. The van der Waals surface area contributed by atoms with Crippen molar-refractivity contribution in [3.8, 4) is 0 Å². The second kappa shape index (κ2) is 6.33. The molecule has 0 aromatic heterocycles.